The minimum Gasteiger partial charge on any atom is -0.383 e. The molecule has 0 saturated heterocycles. The summed E-state index contributed by atoms with van der Waals surface area (Å²) in [5, 5.41) is 0. The molecule has 2 heterocycles. The molecule has 0 atom stereocenters. The predicted molar refractivity (Wildman–Crippen MR) is 54.9 cm³/mol. The van der Waals surface area contributed by atoms with E-state index in [2.05, 4.69) is 9.97 Å². The summed E-state index contributed by atoms with van der Waals surface area (Å²) in [5.74, 6) is 1.24. The average Bonchev–Trinajstić information content (AvgIpc) is 2.98. The van der Waals surface area contributed by atoms with E-state index < -0.39 is 0 Å². The normalized spacial score (nSPS) is 22.2. The van der Waals surface area contributed by atoms with Crippen molar-refractivity contribution in [2.75, 3.05) is 12.3 Å². The van der Waals surface area contributed by atoms with E-state index in [1.54, 1.807) is 0 Å². The van der Waals surface area contributed by atoms with Crippen LogP contribution in [0.3, 0.4) is 0 Å². The van der Waals surface area contributed by atoms with E-state index in [9.17, 15) is 0 Å². The second kappa shape index (κ2) is 2.90. The van der Waals surface area contributed by atoms with Crippen LogP contribution in [0.1, 0.15) is 29.9 Å². The molecule has 1 aromatic rings. The Morgan fingerprint density at radius 3 is 2.80 bits per heavy atom. The maximum atomic E-state index is 6.06. The molecule has 1 aliphatic heterocycles. The fourth-order valence-electron chi connectivity index (χ4n) is 1.84. The summed E-state index contributed by atoms with van der Waals surface area (Å²) in [6.07, 6.45) is 2.73. The Labute approximate surface area is 87.8 Å². The molecule has 1 aromatic heterocycles. The lowest BCUT2D eigenvalue weighted by molar-refractivity contribution is 0.109. The summed E-state index contributed by atoms with van der Waals surface area (Å²) in [6.45, 7) is 1.24. The van der Waals surface area contributed by atoms with Crippen molar-refractivity contribution in [1.82, 2.24) is 9.97 Å². The SMILES string of the molecule is Nc1nc(C2(N)CC2)nc2c1COCC2. The quantitative estimate of drug-likeness (QED) is 0.679. The molecule has 1 saturated carbocycles. The maximum absolute atomic E-state index is 6.06. The number of hydrogen-bond acceptors (Lipinski definition) is 5. The second-order valence-corrected chi connectivity index (χ2v) is 4.32. The molecule has 3 rings (SSSR count). The Morgan fingerprint density at radius 1 is 1.27 bits per heavy atom. The van der Waals surface area contributed by atoms with E-state index in [-0.39, 0.29) is 5.54 Å². The van der Waals surface area contributed by atoms with Crippen LogP contribution in [0.2, 0.25) is 0 Å². The van der Waals surface area contributed by atoms with Crippen molar-refractivity contribution >= 4 is 5.82 Å². The van der Waals surface area contributed by atoms with E-state index in [4.69, 9.17) is 16.2 Å². The lowest BCUT2D eigenvalue weighted by atomic mass is 10.1. The summed E-state index contributed by atoms with van der Waals surface area (Å²) in [4.78, 5) is 8.79. The first-order chi connectivity index (χ1) is 7.19. The van der Waals surface area contributed by atoms with Crippen LogP contribution >= 0.6 is 0 Å². The summed E-state index contributed by atoms with van der Waals surface area (Å²) in [6, 6.07) is 0. The molecule has 5 heteroatoms. The van der Waals surface area contributed by atoms with Gasteiger partial charge in [0.1, 0.15) is 5.82 Å². The molecule has 0 radical (unpaired) electrons. The number of nitrogen functional groups attached to an aromatic ring is 1. The Kier molecular flexibility index (Phi) is 1.75. The highest BCUT2D eigenvalue weighted by atomic mass is 16.5. The van der Waals surface area contributed by atoms with Crippen molar-refractivity contribution in [2.45, 2.75) is 31.4 Å². The summed E-state index contributed by atoms with van der Waals surface area (Å²) >= 11 is 0. The van der Waals surface area contributed by atoms with Gasteiger partial charge in [0.2, 0.25) is 0 Å². The van der Waals surface area contributed by atoms with E-state index in [1.165, 1.54) is 0 Å². The molecule has 5 nitrogen and oxygen atoms in total. The largest absolute Gasteiger partial charge is 0.383 e. The molecule has 0 spiro atoms. The lowest BCUT2D eigenvalue weighted by Crippen LogP contribution is -2.26. The highest BCUT2D eigenvalue weighted by molar-refractivity contribution is 5.44. The van der Waals surface area contributed by atoms with Gasteiger partial charge >= 0.3 is 0 Å². The number of rotatable bonds is 1. The fourth-order valence-corrected chi connectivity index (χ4v) is 1.84. The highest BCUT2D eigenvalue weighted by Crippen LogP contribution is 2.41. The van der Waals surface area contributed by atoms with Gasteiger partial charge in [-0.1, -0.05) is 0 Å². The number of anilines is 1. The van der Waals surface area contributed by atoms with E-state index in [1.807, 2.05) is 0 Å². The van der Waals surface area contributed by atoms with Crippen LogP contribution in [0.4, 0.5) is 5.82 Å². The third-order valence-corrected chi connectivity index (χ3v) is 3.09. The van der Waals surface area contributed by atoms with Crippen molar-refractivity contribution < 1.29 is 4.74 Å². The number of nitrogens with two attached hydrogens (primary N) is 2. The molecule has 0 unspecified atom stereocenters. The molecule has 1 fully saturated rings. The van der Waals surface area contributed by atoms with Crippen LogP contribution in [0, 0.1) is 0 Å². The smallest absolute Gasteiger partial charge is 0.150 e. The van der Waals surface area contributed by atoms with Crippen molar-refractivity contribution in [1.29, 1.82) is 0 Å². The molecule has 0 bridgehead atoms. The minimum atomic E-state index is -0.304. The maximum Gasteiger partial charge on any atom is 0.150 e. The lowest BCUT2D eigenvalue weighted by Gasteiger charge is -2.19. The topological polar surface area (TPSA) is 87.0 Å². The number of nitrogens with zero attached hydrogens (tertiary/aromatic N) is 2. The zero-order valence-corrected chi connectivity index (χ0v) is 8.49. The van der Waals surface area contributed by atoms with Gasteiger partial charge in [-0.2, -0.15) is 0 Å². The first kappa shape index (κ1) is 9.06. The standard InChI is InChI=1S/C10H14N4O/c11-8-6-5-15-4-1-7(6)13-9(14-8)10(12)2-3-10/h1-5,12H2,(H2,11,13,14). The van der Waals surface area contributed by atoms with Gasteiger partial charge in [-0.15, -0.1) is 0 Å². The number of ether oxygens (including phenoxy) is 1. The third-order valence-electron chi connectivity index (χ3n) is 3.09. The predicted octanol–water partition coefficient (Wildman–Crippen LogP) is 0.0793. The molecule has 0 amide bonds. The van der Waals surface area contributed by atoms with Crippen LogP contribution in [-0.4, -0.2) is 16.6 Å². The van der Waals surface area contributed by atoms with E-state index in [0.717, 1.165) is 30.5 Å². The van der Waals surface area contributed by atoms with Crippen LogP contribution < -0.4 is 11.5 Å². The van der Waals surface area contributed by atoms with Crippen LogP contribution in [0.5, 0.6) is 0 Å². The Balaban J connectivity index is 2.08. The Bertz CT molecular complexity index is 414. The monoisotopic (exact) mass is 206 g/mol. The molecule has 15 heavy (non-hydrogen) atoms. The van der Waals surface area contributed by atoms with Gasteiger partial charge in [0, 0.05) is 12.0 Å². The molecule has 4 N–H and O–H groups in total. The fraction of sp³-hybridized carbons (Fsp3) is 0.600. The van der Waals surface area contributed by atoms with Gasteiger partial charge < -0.3 is 16.2 Å². The molecule has 80 valence electrons. The summed E-state index contributed by atoms with van der Waals surface area (Å²) in [7, 11) is 0. The van der Waals surface area contributed by atoms with E-state index in [0.29, 0.717) is 24.9 Å². The first-order valence-electron chi connectivity index (χ1n) is 5.21. The van der Waals surface area contributed by atoms with Gasteiger partial charge in [-0.25, -0.2) is 9.97 Å². The molecule has 1 aliphatic carbocycles. The zero-order chi connectivity index (χ0) is 10.5. The van der Waals surface area contributed by atoms with Crippen molar-refractivity contribution in [3.8, 4) is 0 Å². The van der Waals surface area contributed by atoms with Gasteiger partial charge in [0.05, 0.1) is 24.4 Å². The zero-order valence-electron chi connectivity index (χ0n) is 8.49. The Morgan fingerprint density at radius 2 is 2.07 bits per heavy atom. The number of aromatic nitrogens is 2. The number of hydrogen-bond donors (Lipinski definition) is 2. The summed E-state index contributed by atoms with van der Waals surface area (Å²) < 4.78 is 5.33. The van der Waals surface area contributed by atoms with Crippen LogP contribution in [0.25, 0.3) is 0 Å². The molecular formula is C10H14N4O. The third kappa shape index (κ3) is 1.39. The Hall–Kier alpha value is -1.20. The molecule has 2 aliphatic rings. The van der Waals surface area contributed by atoms with Gasteiger partial charge in [-0.05, 0) is 12.8 Å². The van der Waals surface area contributed by atoms with Gasteiger partial charge in [0.25, 0.3) is 0 Å². The second-order valence-electron chi connectivity index (χ2n) is 4.32. The minimum absolute atomic E-state index is 0.304. The number of fused-ring (bicyclic) bond motifs is 1. The van der Waals surface area contributed by atoms with Crippen molar-refractivity contribution in [3.05, 3.63) is 17.1 Å². The van der Waals surface area contributed by atoms with Crippen molar-refractivity contribution in [3.63, 3.8) is 0 Å². The van der Waals surface area contributed by atoms with Gasteiger partial charge in [0.15, 0.2) is 5.82 Å². The van der Waals surface area contributed by atoms with E-state index >= 15 is 0 Å². The van der Waals surface area contributed by atoms with Crippen LogP contribution in [-0.2, 0) is 23.3 Å². The van der Waals surface area contributed by atoms with Crippen LogP contribution in [0.15, 0.2) is 0 Å². The highest BCUT2D eigenvalue weighted by Gasteiger charge is 2.43. The van der Waals surface area contributed by atoms with Crippen molar-refractivity contribution in [2.24, 2.45) is 5.73 Å². The first-order valence-corrected chi connectivity index (χ1v) is 5.21. The molecular weight excluding hydrogens is 192 g/mol. The average molecular weight is 206 g/mol. The van der Waals surface area contributed by atoms with Gasteiger partial charge in [-0.3, -0.25) is 0 Å². The summed E-state index contributed by atoms with van der Waals surface area (Å²) in [5.41, 5.74) is 13.6. The molecule has 0 aromatic carbocycles.